The van der Waals surface area contributed by atoms with Crippen molar-refractivity contribution in [3.8, 4) is 0 Å². The fraction of sp³-hybridized carbons (Fsp3) is 0.250. The Kier molecular flexibility index (Phi) is 2.82. The summed E-state index contributed by atoms with van der Waals surface area (Å²) in [6, 6.07) is 13.2. The van der Waals surface area contributed by atoms with E-state index in [4.69, 9.17) is 0 Å². The second-order valence-corrected chi connectivity index (χ2v) is 4.66. The molecule has 0 nitrogen and oxygen atoms in total. The van der Waals surface area contributed by atoms with E-state index < -0.39 is 0 Å². The predicted molar refractivity (Wildman–Crippen MR) is 72.6 cm³/mol. The molecule has 0 aliphatic rings. The summed E-state index contributed by atoms with van der Waals surface area (Å²) < 4.78 is 0. The summed E-state index contributed by atoms with van der Waals surface area (Å²) in [7, 11) is 0. The van der Waals surface area contributed by atoms with Gasteiger partial charge in [0.1, 0.15) is 0 Å². The molecule has 0 aliphatic carbocycles. The molecule has 0 bridgehead atoms. The number of benzene rings is 2. The predicted octanol–water partition coefficient (Wildman–Crippen LogP) is 4.96. The highest BCUT2D eigenvalue weighted by molar-refractivity contribution is 5.94. The normalized spacial score (nSPS) is 10.5. The maximum absolute atomic E-state index is 2.27. The number of aryl methyl sites for hydroxylation is 1. The smallest absolute Gasteiger partial charge is 0.0106 e. The summed E-state index contributed by atoms with van der Waals surface area (Å²) in [6.07, 6.45) is 0. The molecule has 0 aromatic heterocycles. The lowest BCUT2D eigenvalue weighted by atomic mass is 9.95. The molecular formula is C16H18. The Bertz CT molecular complexity index is 555. The highest BCUT2D eigenvalue weighted by Gasteiger charge is 2.03. The minimum atomic E-state index is 1.32. The van der Waals surface area contributed by atoms with Crippen LogP contribution in [0.5, 0.6) is 0 Å². The molecule has 16 heavy (non-hydrogen) atoms. The van der Waals surface area contributed by atoms with Crippen LogP contribution in [0.2, 0.25) is 0 Å². The molecule has 0 atom stereocenters. The largest absolute Gasteiger partial charge is 0.0729 e. The minimum absolute atomic E-state index is 1.32. The Morgan fingerprint density at radius 2 is 1.69 bits per heavy atom. The lowest BCUT2D eigenvalue weighted by Gasteiger charge is -2.09. The lowest BCUT2D eigenvalue weighted by molar-refractivity contribution is 1.37. The summed E-state index contributed by atoms with van der Waals surface area (Å²) in [5, 5.41) is 2.69. The molecule has 0 saturated heterocycles. The van der Waals surface area contributed by atoms with Crippen molar-refractivity contribution in [2.24, 2.45) is 0 Å². The van der Waals surface area contributed by atoms with E-state index in [1.54, 1.807) is 0 Å². The Labute approximate surface area is 97.6 Å². The molecule has 0 unspecified atom stereocenters. The molecule has 0 heterocycles. The zero-order valence-electron chi connectivity index (χ0n) is 10.5. The molecule has 2 aromatic carbocycles. The van der Waals surface area contributed by atoms with Gasteiger partial charge in [-0.3, -0.25) is 0 Å². The van der Waals surface area contributed by atoms with Crippen molar-refractivity contribution in [3.63, 3.8) is 0 Å². The van der Waals surface area contributed by atoms with Crippen LogP contribution < -0.4 is 0 Å². The van der Waals surface area contributed by atoms with E-state index in [1.807, 2.05) is 0 Å². The fourth-order valence-electron chi connectivity index (χ4n) is 1.98. The van der Waals surface area contributed by atoms with E-state index in [9.17, 15) is 0 Å². The van der Waals surface area contributed by atoms with Crippen LogP contribution in [0.4, 0.5) is 0 Å². The van der Waals surface area contributed by atoms with E-state index in [0.29, 0.717) is 0 Å². The van der Waals surface area contributed by atoms with Crippen molar-refractivity contribution in [2.75, 3.05) is 0 Å². The number of rotatable bonds is 1. The van der Waals surface area contributed by atoms with E-state index in [0.717, 1.165) is 0 Å². The Balaban J connectivity index is 2.80. The van der Waals surface area contributed by atoms with Gasteiger partial charge < -0.3 is 0 Å². The molecule has 0 fully saturated rings. The zero-order chi connectivity index (χ0) is 11.7. The van der Waals surface area contributed by atoms with Gasteiger partial charge in [0, 0.05) is 0 Å². The standard InChI is InChI=1S/C16H18/c1-11(2)13(4)15-7-5-6-14-9-8-12(3)10-16(14)15/h5-10H,1-4H3. The summed E-state index contributed by atoms with van der Waals surface area (Å²) in [5.41, 5.74) is 5.45. The van der Waals surface area contributed by atoms with Crippen LogP contribution in [0.25, 0.3) is 16.3 Å². The average Bonchev–Trinajstić information content (AvgIpc) is 2.27. The zero-order valence-corrected chi connectivity index (χ0v) is 10.5. The first-order valence-corrected chi connectivity index (χ1v) is 5.73. The Morgan fingerprint density at radius 3 is 2.38 bits per heavy atom. The van der Waals surface area contributed by atoms with Gasteiger partial charge >= 0.3 is 0 Å². The topological polar surface area (TPSA) is 0 Å². The first kappa shape index (κ1) is 10.9. The fourth-order valence-corrected chi connectivity index (χ4v) is 1.98. The quantitative estimate of drug-likeness (QED) is 0.624. The van der Waals surface area contributed by atoms with Gasteiger partial charge in [-0.2, -0.15) is 0 Å². The molecule has 0 radical (unpaired) electrons. The molecule has 0 amide bonds. The highest BCUT2D eigenvalue weighted by Crippen LogP contribution is 2.27. The lowest BCUT2D eigenvalue weighted by Crippen LogP contribution is -1.86. The van der Waals surface area contributed by atoms with Crippen LogP contribution in [-0.2, 0) is 0 Å². The van der Waals surface area contributed by atoms with Crippen LogP contribution in [-0.4, -0.2) is 0 Å². The number of hydrogen-bond acceptors (Lipinski definition) is 0. The highest BCUT2D eigenvalue weighted by atomic mass is 14.1. The summed E-state index contributed by atoms with van der Waals surface area (Å²) in [5.74, 6) is 0. The average molecular weight is 210 g/mol. The van der Waals surface area contributed by atoms with Crippen molar-refractivity contribution in [1.29, 1.82) is 0 Å². The molecule has 0 N–H and O–H groups in total. The first-order valence-electron chi connectivity index (χ1n) is 5.73. The van der Waals surface area contributed by atoms with Crippen LogP contribution in [0.3, 0.4) is 0 Å². The number of fused-ring (bicyclic) bond motifs is 1. The van der Waals surface area contributed by atoms with Crippen LogP contribution in [0.1, 0.15) is 31.9 Å². The number of hydrogen-bond donors (Lipinski definition) is 0. The van der Waals surface area contributed by atoms with Gasteiger partial charge in [0.25, 0.3) is 0 Å². The van der Waals surface area contributed by atoms with Gasteiger partial charge in [-0.1, -0.05) is 47.5 Å². The molecule has 2 aromatic rings. The van der Waals surface area contributed by atoms with Crippen molar-refractivity contribution in [3.05, 3.63) is 53.1 Å². The Morgan fingerprint density at radius 1 is 0.938 bits per heavy atom. The minimum Gasteiger partial charge on any atom is -0.0729 e. The first-order chi connectivity index (χ1) is 7.59. The van der Waals surface area contributed by atoms with Crippen molar-refractivity contribution >= 4 is 16.3 Å². The molecule has 0 spiro atoms. The maximum Gasteiger partial charge on any atom is -0.0106 e. The monoisotopic (exact) mass is 210 g/mol. The van der Waals surface area contributed by atoms with E-state index >= 15 is 0 Å². The molecule has 0 aliphatic heterocycles. The second-order valence-electron chi connectivity index (χ2n) is 4.66. The molecular weight excluding hydrogens is 192 g/mol. The SMILES string of the molecule is CC(C)=C(C)c1cccc2ccc(C)cc12. The van der Waals surface area contributed by atoms with Crippen molar-refractivity contribution < 1.29 is 0 Å². The van der Waals surface area contributed by atoms with E-state index in [1.165, 1.54) is 33.0 Å². The van der Waals surface area contributed by atoms with Crippen molar-refractivity contribution in [1.82, 2.24) is 0 Å². The second kappa shape index (κ2) is 4.13. The van der Waals surface area contributed by atoms with Crippen LogP contribution in [0.15, 0.2) is 42.0 Å². The molecule has 82 valence electrons. The van der Waals surface area contributed by atoms with Crippen molar-refractivity contribution in [2.45, 2.75) is 27.7 Å². The van der Waals surface area contributed by atoms with Gasteiger partial charge in [-0.25, -0.2) is 0 Å². The van der Waals surface area contributed by atoms with Crippen LogP contribution in [0, 0.1) is 6.92 Å². The Hall–Kier alpha value is -1.56. The van der Waals surface area contributed by atoms with Gasteiger partial charge in [0.05, 0.1) is 0 Å². The van der Waals surface area contributed by atoms with Gasteiger partial charge in [-0.05, 0) is 49.6 Å². The molecule has 2 rings (SSSR count). The van der Waals surface area contributed by atoms with Gasteiger partial charge in [0.15, 0.2) is 0 Å². The summed E-state index contributed by atoms with van der Waals surface area (Å²) >= 11 is 0. The molecule has 0 heteroatoms. The summed E-state index contributed by atoms with van der Waals surface area (Å²) in [6.45, 7) is 8.69. The van der Waals surface area contributed by atoms with Crippen LogP contribution >= 0.6 is 0 Å². The van der Waals surface area contributed by atoms with E-state index in [2.05, 4.69) is 64.1 Å². The summed E-state index contributed by atoms with van der Waals surface area (Å²) in [4.78, 5) is 0. The third-order valence-electron chi connectivity index (χ3n) is 3.19. The van der Waals surface area contributed by atoms with Gasteiger partial charge in [0.2, 0.25) is 0 Å². The maximum atomic E-state index is 2.27. The third-order valence-corrected chi connectivity index (χ3v) is 3.19. The number of allylic oxidation sites excluding steroid dienone is 2. The van der Waals surface area contributed by atoms with Gasteiger partial charge in [-0.15, -0.1) is 0 Å². The third kappa shape index (κ3) is 1.88. The molecule has 0 saturated carbocycles. The van der Waals surface area contributed by atoms with E-state index in [-0.39, 0.29) is 0 Å².